The molecule has 0 aromatic heterocycles. The van der Waals surface area contributed by atoms with Gasteiger partial charge in [-0.25, -0.2) is 0 Å². The third-order valence-corrected chi connectivity index (χ3v) is 5.36. The minimum Gasteiger partial charge on any atom is -0.392 e. The molecule has 2 nitrogen and oxygen atoms in total. The Morgan fingerprint density at radius 1 is 1.23 bits per heavy atom. The van der Waals surface area contributed by atoms with Crippen molar-refractivity contribution in [2.24, 2.45) is 5.92 Å². The fraction of sp³-hybridized carbons (Fsp3) is 1.00. The van der Waals surface area contributed by atoms with Crippen molar-refractivity contribution in [3.05, 3.63) is 0 Å². The first-order valence-corrected chi connectivity index (χ1v) is 6.43. The Balaban J connectivity index is 1.65. The van der Waals surface area contributed by atoms with Gasteiger partial charge < -0.3 is 5.11 Å². The first-order chi connectivity index (χ1) is 6.34. The fourth-order valence-corrected chi connectivity index (χ4v) is 4.27. The maximum absolute atomic E-state index is 9.74. The average Bonchev–Trinajstić information content (AvgIpc) is 2.51. The molecule has 0 aromatic rings. The molecule has 2 aliphatic heterocycles. The molecule has 1 N–H and O–H groups in total. The molecule has 3 rings (SSSR count). The van der Waals surface area contributed by atoms with Crippen LogP contribution in [0.15, 0.2) is 0 Å². The molecule has 3 atom stereocenters. The smallest absolute Gasteiger partial charge is 0.0682 e. The van der Waals surface area contributed by atoms with Crippen LogP contribution in [0, 0.1) is 5.92 Å². The molecule has 0 radical (unpaired) electrons. The van der Waals surface area contributed by atoms with Crippen molar-refractivity contribution in [3.8, 4) is 0 Å². The number of hydrogen-bond acceptors (Lipinski definition) is 3. The summed E-state index contributed by atoms with van der Waals surface area (Å²) >= 11 is 1.99. The van der Waals surface area contributed by atoms with Crippen molar-refractivity contribution >= 4 is 11.8 Å². The molecule has 3 unspecified atom stereocenters. The molecule has 2 heterocycles. The van der Waals surface area contributed by atoms with Crippen LogP contribution in [-0.4, -0.2) is 46.2 Å². The van der Waals surface area contributed by atoms with Crippen LogP contribution in [0.1, 0.15) is 19.3 Å². The summed E-state index contributed by atoms with van der Waals surface area (Å²) < 4.78 is 0. The predicted octanol–water partition coefficient (Wildman–Crippen LogP) is 0.947. The second kappa shape index (κ2) is 3.14. The second-order valence-corrected chi connectivity index (χ2v) is 5.91. The highest BCUT2D eigenvalue weighted by Crippen LogP contribution is 2.41. The largest absolute Gasteiger partial charge is 0.392 e. The lowest BCUT2D eigenvalue weighted by atomic mass is 9.92. The van der Waals surface area contributed by atoms with Crippen LogP contribution in [-0.2, 0) is 0 Å². The maximum atomic E-state index is 9.74. The fourth-order valence-electron chi connectivity index (χ4n) is 2.77. The number of fused-ring (bicyclic) bond motifs is 1. The van der Waals surface area contributed by atoms with Crippen LogP contribution in [0.4, 0.5) is 0 Å². The zero-order valence-corrected chi connectivity index (χ0v) is 8.67. The van der Waals surface area contributed by atoms with E-state index in [0.717, 1.165) is 17.0 Å². The van der Waals surface area contributed by atoms with E-state index in [1.165, 1.54) is 32.4 Å². The molecule has 13 heavy (non-hydrogen) atoms. The quantitative estimate of drug-likeness (QED) is 0.680. The van der Waals surface area contributed by atoms with Crippen LogP contribution >= 0.6 is 11.8 Å². The summed E-state index contributed by atoms with van der Waals surface area (Å²) in [5, 5.41) is 10.5. The Morgan fingerprint density at radius 3 is 2.69 bits per heavy atom. The number of aliphatic hydroxyl groups excluding tert-OH is 1. The Kier molecular flexibility index (Phi) is 2.07. The van der Waals surface area contributed by atoms with Gasteiger partial charge in [-0.1, -0.05) is 6.42 Å². The normalized spacial score (nSPS) is 46.4. The number of thioether (sulfide) groups is 1. The van der Waals surface area contributed by atoms with Crippen LogP contribution in [0.25, 0.3) is 0 Å². The minimum atomic E-state index is -0.0138. The van der Waals surface area contributed by atoms with E-state index in [0.29, 0.717) is 5.92 Å². The summed E-state index contributed by atoms with van der Waals surface area (Å²) in [6.07, 6.45) is 4.21. The van der Waals surface area contributed by atoms with E-state index in [4.69, 9.17) is 0 Å². The van der Waals surface area contributed by atoms with Crippen LogP contribution in [0.3, 0.4) is 0 Å². The van der Waals surface area contributed by atoms with Gasteiger partial charge in [0, 0.05) is 36.1 Å². The Morgan fingerprint density at radius 2 is 2.08 bits per heavy atom. The number of rotatable bonds is 1. The zero-order chi connectivity index (χ0) is 8.84. The average molecular weight is 199 g/mol. The molecular formula is C10H17NOS. The lowest BCUT2D eigenvalue weighted by Gasteiger charge is -2.35. The summed E-state index contributed by atoms with van der Waals surface area (Å²) in [5.41, 5.74) is 0. The second-order valence-electron chi connectivity index (χ2n) is 4.64. The molecule has 0 bridgehead atoms. The highest BCUT2D eigenvalue weighted by molar-refractivity contribution is 8.00. The van der Waals surface area contributed by atoms with Gasteiger partial charge in [0.05, 0.1) is 6.10 Å². The van der Waals surface area contributed by atoms with E-state index >= 15 is 0 Å². The highest BCUT2D eigenvalue weighted by Gasteiger charge is 2.44. The summed E-state index contributed by atoms with van der Waals surface area (Å²) in [6, 6.07) is 0.874. The summed E-state index contributed by atoms with van der Waals surface area (Å²) in [7, 11) is 0. The molecule has 3 heteroatoms. The Labute approximate surface area is 83.7 Å². The summed E-state index contributed by atoms with van der Waals surface area (Å²) in [5.74, 6) is 1.57. The standard InChI is InChI=1S/C10H17NOS/c12-9-6-13-10-5-11(4-8(9)10)7-2-1-3-7/h7-10,12H,1-6H2. The van der Waals surface area contributed by atoms with Crippen molar-refractivity contribution in [1.29, 1.82) is 0 Å². The highest BCUT2D eigenvalue weighted by atomic mass is 32.2. The first-order valence-electron chi connectivity index (χ1n) is 5.38. The zero-order valence-electron chi connectivity index (χ0n) is 7.85. The number of likely N-dealkylation sites (tertiary alicyclic amines) is 1. The molecule has 1 aliphatic carbocycles. The summed E-state index contributed by atoms with van der Waals surface area (Å²) in [6.45, 7) is 2.42. The van der Waals surface area contributed by atoms with E-state index in [9.17, 15) is 5.11 Å². The van der Waals surface area contributed by atoms with E-state index in [-0.39, 0.29) is 6.10 Å². The van der Waals surface area contributed by atoms with E-state index in [2.05, 4.69) is 4.90 Å². The Bertz CT molecular complexity index is 207. The first kappa shape index (κ1) is 8.57. The van der Waals surface area contributed by atoms with Crippen molar-refractivity contribution < 1.29 is 5.11 Å². The van der Waals surface area contributed by atoms with E-state index < -0.39 is 0 Å². The third kappa shape index (κ3) is 1.32. The maximum Gasteiger partial charge on any atom is 0.0682 e. The number of hydrogen-bond donors (Lipinski definition) is 1. The minimum absolute atomic E-state index is 0.0138. The number of aliphatic hydroxyl groups is 1. The molecule has 3 aliphatic rings. The molecule has 0 aromatic carbocycles. The molecule has 1 saturated carbocycles. The lowest BCUT2D eigenvalue weighted by Crippen LogP contribution is -2.39. The van der Waals surface area contributed by atoms with Gasteiger partial charge in [-0.3, -0.25) is 4.90 Å². The van der Waals surface area contributed by atoms with Crippen LogP contribution < -0.4 is 0 Å². The van der Waals surface area contributed by atoms with Crippen LogP contribution in [0.2, 0.25) is 0 Å². The topological polar surface area (TPSA) is 23.5 Å². The van der Waals surface area contributed by atoms with Crippen molar-refractivity contribution in [1.82, 2.24) is 4.90 Å². The van der Waals surface area contributed by atoms with Crippen molar-refractivity contribution in [3.63, 3.8) is 0 Å². The molecular weight excluding hydrogens is 182 g/mol. The third-order valence-electron chi connectivity index (χ3n) is 3.90. The molecule has 2 saturated heterocycles. The summed E-state index contributed by atoms with van der Waals surface area (Å²) in [4.78, 5) is 2.62. The van der Waals surface area contributed by atoms with E-state index in [1.807, 2.05) is 11.8 Å². The van der Waals surface area contributed by atoms with Crippen LogP contribution in [0.5, 0.6) is 0 Å². The van der Waals surface area contributed by atoms with Crippen molar-refractivity contribution in [2.75, 3.05) is 18.8 Å². The number of nitrogens with zero attached hydrogens (tertiary/aromatic N) is 1. The lowest BCUT2D eigenvalue weighted by molar-refractivity contribution is 0.114. The van der Waals surface area contributed by atoms with Gasteiger partial charge in [-0.05, 0) is 12.8 Å². The van der Waals surface area contributed by atoms with Gasteiger partial charge in [0.1, 0.15) is 0 Å². The van der Waals surface area contributed by atoms with Gasteiger partial charge in [0.2, 0.25) is 0 Å². The molecule has 0 amide bonds. The molecule has 74 valence electrons. The SMILES string of the molecule is OC1CSC2CN(C3CCC3)CC12. The Hall–Kier alpha value is 0.270. The van der Waals surface area contributed by atoms with Gasteiger partial charge >= 0.3 is 0 Å². The van der Waals surface area contributed by atoms with Gasteiger partial charge in [-0.2, -0.15) is 11.8 Å². The monoisotopic (exact) mass is 199 g/mol. The van der Waals surface area contributed by atoms with Gasteiger partial charge in [0.15, 0.2) is 0 Å². The van der Waals surface area contributed by atoms with E-state index in [1.54, 1.807) is 0 Å². The van der Waals surface area contributed by atoms with Gasteiger partial charge in [0.25, 0.3) is 0 Å². The van der Waals surface area contributed by atoms with Crippen molar-refractivity contribution in [2.45, 2.75) is 36.7 Å². The van der Waals surface area contributed by atoms with Gasteiger partial charge in [-0.15, -0.1) is 0 Å². The molecule has 3 fully saturated rings. The predicted molar refractivity (Wildman–Crippen MR) is 55.0 cm³/mol. The molecule has 0 spiro atoms.